The quantitative estimate of drug-likeness (QED) is 0.763. The Balaban J connectivity index is 1.66. The molecule has 3 unspecified atom stereocenters. The Labute approximate surface area is 87.7 Å². The minimum atomic E-state index is 0.110. The van der Waals surface area contributed by atoms with Crippen LogP contribution in [0.15, 0.2) is 6.33 Å². The molecule has 5 heteroatoms. The number of fused-ring (bicyclic) bond motifs is 2. The molecule has 2 N–H and O–H groups in total. The molecule has 1 aromatic rings. The van der Waals surface area contributed by atoms with E-state index >= 15 is 0 Å². The van der Waals surface area contributed by atoms with Crippen LogP contribution in [0, 0.1) is 17.8 Å². The molecule has 2 fully saturated rings. The molecule has 0 radical (unpaired) electrons. The van der Waals surface area contributed by atoms with Gasteiger partial charge < -0.3 is 0 Å². The summed E-state index contributed by atoms with van der Waals surface area (Å²) in [5, 5.41) is 9.12. The molecule has 2 saturated carbocycles. The van der Waals surface area contributed by atoms with Crippen molar-refractivity contribution in [2.24, 2.45) is 17.8 Å². The first kappa shape index (κ1) is 8.88. The molecule has 2 aliphatic carbocycles. The molecule has 0 aliphatic heterocycles. The van der Waals surface area contributed by atoms with E-state index in [0.717, 1.165) is 12.3 Å². The van der Waals surface area contributed by atoms with Crippen LogP contribution in [-0.2, 0) is 4.79 Å². The smallest absolute Gasteiger partial charge is 0.230 e. The lowest BCUT2D eigenvalue weighted by atomic mass is 9.88. The van der Waals surface area contributed by atoms with Gasteiger partial charge in [-0.1, -0.05) is 6.42 Å². The number of aromatic amines is 1. The second kappa shape index (κ2) is 3.32. The first-order chi connectivity index (χ1) is 7.33. The first-order valence-electron chi connectivity index (χ1n) is 5.49. The van der Waals surface area contributed by atoms with Gasteiger partial charge in [0.05, 0.1) is 0 Å². The van der Waals surface area contributed by atoms with Gasteiger partial charge in [-0.3, -0.25) is 10.1 Å². The highest BCUT2D eigenvalue weighted by Crippen LogP contribution is 2.48. The van der Waals surface area contributed by atoms with Crippen molar-refractivity contribution < 1.29 is 4.79 Å². The van der Waals surface area contributed by atoms with Crippen LogP contribution in [0.3, 0.4) is 0 Å². The summed E-state index contributed by atoms with van der Waals surface area (Å²) in [6.07, 6.45) is 6.24. The highest BCUT2D eigenvalue weighted by molar-refractivity contribution is 5.91. The number of nitrogens with one attached hydrogen (secondary N) is 2. The van der Waals surface area contributed by atoms with E-state index in [0.29, 0.717) is 11.9 Å². The Kier molecular flexibility index (Phi) is 1.97. The third-order valence-electron chi connectivity index (χ3n) is 3.73. The molecule has 3 rings (SSSR count). The van der Waals surface area contributed by atoms with Gasteiger partial charge in [-0.2, -0.15) is 10.1 Å². The van der Waals surface area contributed by atoms with E-state index < -0.39 is 0 Å². The minimum absolute atomic E-state index is 0.110. The van der Waals surface area contributed by atoms with E-state index in [2.05, 4.69) is 20.5 Å². The van der Waals surface area contributed by atoms with E-state index in [1.165, 1.54) is 25.6 Å². The summed E-state index contributed by atoms with van der Waals surface area (Å²) in [5.74, 6) is 2.17. The van der Waals surface area contributed by atoms with Crippen molar-refractivity contribution in [3.8, 4) is 0 Å². The van der Waals surface area contributed by atoms with Crippen LogP contribution in [0.25, 0.3) is 0 Å². The van der Waals surface area contributed by atoms with Crippen LogP contribution in [0.1, 0.15) is 25.7 Å². The summed E-state index contributed by atoms with van der Waals surface area (Å²) >= 11 is 0. The summed E-state index contributed by atoms with van der Waals surface area (Å²) in [6.45, 7) is 0. The van der Waals surface area contributed by atoms with Crippen molar-refractivity contribution >= 4 is 11.9 Å². The average molecular weight is 206 g/mol. The average Bonchev–Trinajstić information content (AvgIpc) is 2.93. The third kappa shape index (κ3) is 1.52. The summed E-state index contributed by atoms with van der Waals surface area (Å²) in [4.78, 5) is 15.8. The molecule has 3 atom stereocenters. The van der Waals surface area contributed by atoms with E-state index in [1.54, 1.807) is 0 Å². The van der Waals surface area contributed by atoms with E-state index in [9.17, 15) is 4.79 Å². The number of hydrogen-bond acceptors (Lipinski definition) is 3. The van der Waals surface area contributed by atoms with Gasteiger partial charge in [0, 0.05) is 5.92 Å². The van der Waals surface area contributed by atoms with Gasteiger partial charge in [0.15, 0.2) is 0 Å². The van der Waals surface area contributed by atoms with Gasteiger partial charge in [0.25, 0.3) is 0 Å². The molecule has 1 heterocycles. The maximum Gasteiger partial charge on any atom is 0.230 e. The normalized spacial score (nSPS) is 33.2. The fourth-order valence-corrected chi connectivity index (χ4v) is 3.04. The third-order valence-corrected chi connectivity index (χ3v) is 3.73. The standard InChI is InChI=1S/C10H14N4O/c15-9(13-10-11-5-12-14-10)8-4-6-1-2-7(8)3-6/h5-8H,1-4H2,(H2,11,12,13,14,15). The number of aromatic nitrogens is 3. The second-order valence-electron chi connectivity index (χ2n) is 4.60. The van der Waals surface area contributed by atoms with Crippen LogP contribution < -0.4 is 5.32 Å². The number of hydrogen-bond donors (Lipinski definition) is 2. The van der Waals surface area contributed by atoms with Crippen LogP contribution in [0.5, 0.6) is 0 Å². The van der Waals surface area contributed by atoms with Gasteiger partial charge in [0.2, 0.25) is 11.9 Å². The number of H-pyrrole nitrogens is 1. The minimum Gasteiger partial charge on any atom is -0.295 e. The predicted octanol–water partition coefficient (Wildman–Crippen LogP) is 1.18. The number of carbonyl (C=O) groups excluding carboxylic acids is 1. The molecular formula is C10H14N4O. The zero-order valence-electron chi connectivity index (χ0n) is 8.44. The summed E-state index contributed by atoms with van der Waals surface area (Å²) in [6, 6.07) is 0. The largest absolute Gasteiger partial charge is 0.295 e. The topological polar surface area (TPSA) is 70.7 Å². The van der Waals surface area contributed by atoms with Gasteiger partial charge in [-0.15, -0.1) is 0 Å². The van der Waals surface area contributed by atoms with Crippen LogP contribution in [0.4, 0.5) is 5.95 Å². The second-order valence-corrected chi connectivity index (χ2v) is 4.60. The lowest BCUT2D eigenvalue weighted by molar-refractivity contribution is -0.121. The SMILES string of the molecule is O=C(Nc1ncn[nH]1)C1CC2CCC1C2. The van der Waals surface area contributed by atoms with Crippen molar-refractivity contribution in [2.75, 3.05) is 5.32 Å². The molecule has 0 spiro atoms. The first-order valence-corrected chi connectivity index (χ1v) is 5.49. The molecule has 1 amide bonds. The molecular weight excluding hydrogens is 192 g/mol. The van der Waals surface area contributed by atoms with Gasteiger partial charge in [-0.25, -0.2) is 5.10 Å². The molecule has 1 aromatic heterocycles. The lowest BCUT2D eigenvalue weighted by Gasteiger charge is -2.19. The Morgan fingerprint density at radius 1 is 1.47 bits per heavy atom. The summed E-state index contributed by atoms with van der Waals surface area (Å²) in [7, 11) is 0. The Bertz CT molecular complexity index is 362. The highest BCUT2D eigenvalue weighted by Gasteiger charge is 2.43. The van der Waals surface area contributed by atoms with E-state index in [4.69, 9.17) is 0 Å². The number of carbonyl (C=O) groups is 1. The number of rotatable bonds is 2. The van der Waals surface area contributed by atoms with Gasteiger partial charge in [-0.05, 0) is 31.1 Å². The van der Waals surface area contributed by atoms with Crippen LogP contribution >= 0.6 is 0 Å². The van der Waals surface area contributed by atoms with Gasteiger partial charge >= 0.3 is 0 Å². The zero-order chi connectivity index (χ0) is 10.3. The maximum atomic E-state index is 11.9. The van der Waals surface area contributed by atoms with Crippen molar-refractivity contribution in [3.63, 3.8) is 0 Å². The monoisotopic (exact) mass is 206 g/mol. The van der Waals surface area contributed by atoms with Crippen molar-refractivity contribution in [1.82, 2.24) is 15.2 Å². The van der Waals surface area contributed by atoms with Crippen LogP contribution in [-0.4, -0.2) is 21.1 Å². The zero-order valence-corrected chi connectivity index (χ0v) is 8.44. The van der Waals surface area contributed by atoms with Crippen molar-refractivity contribution in [3.05, 3.63) is 6.33 Å². The fourth-order valence-electron chi connectivity index (χ4n) is 3.04. The molecule has 2 bridgehead atoms. The van der Waals surface area contributed by atoms with E-state index in [-0.39, 0.29) is 11.8 Å². The summed E-state index contributed by atoms with van der Waals surface area (Å²) < 4.78 is 0. The summed E-state index contributed by atoms with van der Waals surface area (Å²) in [5.41, 5.74) is 0. The maximum absolute atomic E-state index is 11.9. The van der Waals surface area contributed by atoms with Crippen molar-refractivity contribution in [2.45, 2.75) is 25.7 Å². The van der Waals surface area contributed by atoms with E-state index in [1.807, 2.05) is 0 Å². The Morgan fingerprint density at radius 3 is 3.00 bits per heavy atom. The molecule has 0 saturated heterocycles. The predicted molar refractivity (Wildman–Crippen MR) is 54.0 cm³/mol. The lowest BCUT2D eigenvalue weighted by Crippen LogP contribution is -2.27. The fraction of sp³-hybridized carbons (Fsp3) is 0.700. The number of nitrogens with zero attached hydrogens (tertiary/aromatic N) is 2. The molecule has 0 aromatic carbocycles. The molecule has 2 aliphatic rings. The molecule has 80 valence electrons. The van der Waals surface area contributed by atoms with Gasteiger partial charge in [0.1, 0.15) is 6.33 Å². The molecule has 15 heavy (non-hydrogen) atoms. The number of amides is 1. The van der Waals surface area contributed by atoms with Crippen molar-refractivity contribution in [1.29, 1.82) is 0 Å². The number of anilines is 1. The molecule has 5 nitrogen and oxygen atoms in total. The Hall–Kier alpha value is -1.39. The highest BCUT2D eigenvalue weighted by atomic mass is 16.2. The van der Waals surface area contributed by atoms with Crippen LogP contribution in [0.2, 0.25) is 0 Å². The Morgan fingerprint density at radius 2 is 2.40 bits per heavy atom.